The number of hydrogen-bond acceptors (Lipinski definition) is 4. The predicted molar refractivity (Wildman–Crippen MR) is 78.2 cm³/mol. The molecule has 0 aliphatic heterocycles. The van der Waals surface area contributed by atoms with Crippen LogP contribution in [-0.4, -0.2) is 30.5 Å². The second-order valence-corrected chi connectivity index (χ2v) is 4.44. The molecule has 0 amide bonds. The van der Waals surface area contributed by atoms with E-state index < -0.39 is 0 Å². The van der Waals surface area contributed by atoms with E-state index in [9.17, 15) is 9.59 Å². The van der Waals surface area contributed by atoms with Crippen molar-refractivity contribution in [3.8, 4) is 11.5 Å². The number of carbonyl (C=O) groups excluding carboxylic acids is 2. The minimum Gasteiger partial charge on any atom is -0.497 e. The number of aldehydes is 1. The second-order valence-electron chi connectivity index (χ2n) is 4.44. The molecule has 0 atom stereocenters. The molecule has 0 radical (unpaired) electrons. The Labute approximate surface area is 123 Å². The Morgan fingerprint density at radius 2 is 1.90 bits per heavy atom. The van der Waals surface area contributed by atoms with Crippen LogP contribution in [0, 0.1) is 0 Å². The lowest BCUT2D eigenvalue weighted by molar-refractivity contribution is 0.0883. The second kappa shape index (κ2) is 7.28. The number of nitrogens with zero attached hydrogens (tertiary/aromatic N) is 1. The third kappa shape index (κ3) is 3.95. The number of hydrogen-bond donors (Lipinski definition) is 0. The van der Waals surface area contributed by atoms with Crippen molar-refractivity contribution in [1.82, 2.24) is 4.57 Å². The van der Waals surface area contributed by atoms with Gasteiger partial charge in [0.25, 0.3) is 0 Å². The van der Waals surface area contributed by atoms with Gasteiger partial charge in [-0.1, -0.05) is 0 Å². The Hall–Kier alpha value is -2.56. The molecule has 2 aromatic rings. The minimum atomic E-state index is -0.111. The molecule has 0 N–H and O–H groups in total. The Morgan fingerprint density at radius 3 is 2.57 bits per heavy atom. The Balaban J connectivity index is 1.76. The molecule has 0 bridgehead atoms. The molecule has 0 unspecified atom stereocenters. The van der Waals surface area contributed by atoms with Crippen LogP contribution >= 0.6 is 0 Å². The molecule has 1 heterocycles. The predicted octanol–water partition coefficient (Wildman–Crippen LogP) is 2.81. The summed E-state index contributed by atoms with van der Waals surface area (Å²) in [5.41, 5.74) is 0.371. The maximum atomic E-state index is 11.9. The van der Waals surface area contributed by atoms with E-state index in [-0.39, 0.29) is 5.91 Å². The first-order valence-corrected chi connectivity index (χ1v) is 6.67. The van der Waals surface area contributed by atoms with Gasteiger partial charge in [-0.3, -0.25) is 14.2 Å². The van der Waals surface area contributed by atoms with E-state index in [4.69, 9.17) is 9.47 Å². The third-order valence-corrected chi connectivity index (χ3v) is 3.03. The van der Waals surface area contributed by atoms with E-state index in [0.29, 0.717) is 31.4 Å². The summed E-state index contributed by atoms with van der Waals surface area (Å²) in [6.45, 7) is 0.440. The molecule has 2 rings (SSSR count). The van der Waals surface area contributed by atoms with Crippen LogP contribution in [0.1, 0.15) is 28.1 Å². The topological polar surface area (TPSA) is 57.5 Å². The van der Waals surface area contributed by atoms with Gasteiger partial charge in [0.05, 0.1) is 19.4 Å². The smallest absolute Gasteiger partial charge is 0.231 e. The molecule has 0 fully saturated rings. The number of rotatable bonds is 7. The van der Waals surface area contributed by atoms with Crippen molar-refractivity contribution in [2.75, 3.05) is 13.7 Å². The summed E-state index contributed by atoms with van der Waals surface area (Å²) in [7, 11) is 1.61. The Bertz CT molecular complexity index is 601. The largest absolute Gasteiger partial charge is 0.497 e. The average Bonchev–Trinajstić information content (AvgIpc) is 3.00. The summed E-state index contributed by atoms with van der Waals surface area (Å²) >= 11 is 0. The first-order valence-electron chi connectivity index (χ1n) is 6.67. The third-order valence-electron chi connectivity index (χ3n) is 3.03. The molecule has 0 saturated carbocycles. The highest BCUT2D eigenvalue weighted by Crippen LogP contribution is 2.17. The van der Waals surface area contributed by atoms with Crippen LogP contribution in [0.4, 0.5) is 0 Å². The van der Waals surface area contributed by atoms with Crippen LogP contribution in [0.25, 0.3) is 0 Å². The Morgan fingerprint density at radius 1 is 1.19 bits per heavy atom. The number of carbonyl (C=O) groups is 2. The van der Waals surface area contributed by atoms with E-state index in [0.717, 1.165) is 11.5 Å². The van der Waals surface area contributed by atoms with Crippen molar-refractivity contribution in [3.05, 3.63) is 48.3 Å². The van der Waals surface area contributed by atoms with Gasteiger partial charge in [-0.2, -0.15) is 0 Å². The zero-order valence-corrected chi connectivity index (χ0v) is 11.8. The minimum absolute atomic E-state index is 0.111. The molecule has 0 aliphatic carbocycles. The molecular weight excluding hydrogens is 270 g/mol. The lowest BCUT2D eigenvalue weighted by Crippen LogP contribution is -2.13. The monoisotopic (exact) mass is 287 g/mol. The van der Waals surface area contributed by atoms with Gasteiger partial charge in [-0.15, -0.1) is 0 Å². The fourth-order valence-electron chi connectivity index (χ4n) is 1.92. The molecule has 0 aliphatic rings. The van der Waals surface area contributed by atoms with Gasteiger partial charge in [-0.05, 0) is 42.8 Å². The zero-order valence-electron chi connectivity index (χ0n) is 11.8. The van der Waals surface area contributed by atoms with E-state index in [1.54, 1.807) is 25.4 Å². The van der Waals surface area contributed by atoms with E-state index in [2.05, 4.69) is 0 Å². The van der Waals surface area contributed by atoms with Gasteiger partial charge in [0.1, 0.15) is 11.5 Å². The van der Waals surface area contributed by atoms with E-state index in [1.807, 2.05) is 24.3 Å². The lowest BCUT2D eigenvalue weighted by Gasteiger charge is -2.07. The molecule has 1 aromatic heterocycles. The number of ether oxygens (including phenoxy) is 2. The fourth-order valence-corrected chi connectivity index (χ4v) is 1.92. The average molecular weight is 287 g/mol. The molecule has 0 saturated heterocycles. The van der Waals surface area contributed by atoms with Crippen molar-refractivity contribution < 1.29 is 19.1 Å². The van der Waals surface area contributed by atoms with Crippen LogP contribution in [0.5, 0.6) is 11.5 Å². The zero-order chi connectivity index (χ0) is 15.1. The van der Waals surface area contributed by atoms with E-state index >= 15 is 0 Å². The maximum absolute atomic E-state index is 11.9. The first kappa shape index (κ1) is 14.8. The normalized spacial score (nSPS) is 10.1. The lowest BCUT2D eigenvalue weighted by atomic mass is 10.3. The number of benzene rings is 1. The summed E-state index contributed by atoms with van der Waals surface area (Å²) < 4.78 is 12.0. The number of methoxy groups -OCH3 is 1. The van der Waals surface area contributed by atoms with Gasteiger partial charge in [0.2, 0.25) is 5.91 Å². The van der Waals surface area contributed by atoms with Crippen molar-refractivity contribution in [2.45, 2.75) is 12.8 Å². The van der Waals surface area contributed by atoms with Gasteiger partial charge >= 0.3 is 0 Å². The van der Waals surface area contributed by atoms with Crippen LogP contribution < -0.4 is 9.47 Å². The van der Waals surface area contributed by atoms with Gasteiger partial charge in [0.15, 0.2) is 6.29 Å². The number of aromatic nitrogens is 1. The quantitative estimate of drug-likeness (QED) is 0.580. The first-order chi connectivity index (χ1) is 10.2. The summed E-state index contributed by atoms with van der Waals surface area (Å²) in [5.74, 6) is 1.39. The van der Waals surface area contributed by atoms with Gasteiger partial charge in [-0.25, -0.2) is 0 Å². The molecule has 1 aromatic carbocycles. The summed E-state index contributed by atoms with van der Waals surface area (Å²) in [5, 5.41) is 0. The summed E-state index contributed by atoms with van der Waals surface area (Å²) in [6, 6.07) is 10.6. The maximum Gasteiger partial charge on any atom is 0.231 e. The van der Waals surface area contributed by atoms with E-state index in [1.165, 1.54) is 4.57 Å². The molecule has 5 nitrogen and oxygen atoms in total. The van der Waals surface area contributed by atoms with Crippen molar-refractivity contribution in [1.29, 1.82) is 0 Å². The highest BCUT2D eigenvalue weighted by molar-refractivity contribution is 5.86. The van der Waals surface area contributed by atoms with Crippen LogP contribution in [0.3, 0.4) is 0 Å². The SMILES string of the molecule is COc1ccc(OCCCC(=O)n2cccc2C=O)cc1. The highest BCUT2D eigenvalue weighted by atomic mass is 16.5. The highest BCUT2D eigenvalue weighted by Gasteiger charge is 2.08. The van der Waals surface area contributed by atoms with Crippen molar-refractivity contribution in [3.63, 3.8) is 0 Å². The van der Waals surface area contributed by atoms with Crippen LogP contribution in [0.2, 0.25) is 0 Å². The van der Waals surface area contributed by atoms with Crippen LogP contribution in [0.15, 0.2) is 42.6 Å². The fraction of sp³-hybridized carbons (Fsp3) is 0.250. The van der Waals surface area contributed by atoms with Crippen molar-refractivity contribution in [2.24, 2.45) is 0 Å². The summed E-state index contributed by atoms with van der Waals surface area (Å²) in [6.07, 6.45) is 3.18. The summed E-state index contributed by atoms with van der Waals surface area (Å²) in [4.78, 5) is 22.7. The molecule has 0 spiro atoms. The molecular formula is C16H17NO4. The standard InChI is InChI=1S/C16H17NO4/c1-20-14-6-8-15(9-7-14)21-11-3-5-16(19)17-10-2-4-13(17)12-18/h2,4,6-10,12H,3,5,11H2,1H3. The Kier molecular flexibility index (Phi) is 5.15. The van der Waals surface area contributed by atoms with Crippen LogP contribution in [-0.2, 0) is 0 Å². The van der Waals surface area contributed by atoms with Gasteiger partial charge < -0.3 is 9.47 Å². The molecule has 5 heteroatoms. The van der Waals surface area contributed by atoms with Gasteiger partial charge in [0, 0.05) is 12.6 Å². The molecule has 110 valence electrons. The molecule has 21 heavy (non-hydrogen) atoms. The van der Waals surface area contributed by atoms with Crippen molar-refractivity contribution >= 4 is 12.2 Å².